The highest BCUT2D eigenvalue weighted by molar-refractivity contribution is 5.97. The molecular weight excluding hydrogens is 449 g/mol. The Morgan fingerprint density at radius 2 is 1.51 bits per heavy atom. The van der Waals surface area contributed by atoms with Gasteiger partial charge >= 0.3 is 0 Å². The molecule has 0 atom stereocenters. The van der Waals surface area contributed by atoms with Crippen molar-refractivity contribution in [3.8, 4) is 0 Å². The normalized spacial score (nSPS) is 11.8. The van der Waals surface area contributed by atoms with Gasteiger partial charge in [0.15, 0.2) is 0 Å². The number of carbonyl (C=O) groups excluding carboxylic acids is 3. The molecule has 3 amide bonds. The topological polar surface area (TPSA) is 104 Å². The number of aromatic nitrogens is 2. The van der Waals surface area contributed by atoms with Crippen LogP contribution >= 0.6 is 0 Å². The third-order valence-electron chi connectivity index (χ3n) is 5.31. The fourth-order valence-corrected chi connectivity index (χ4v) is 3.28. The van der Waals surface area contributed by atoms with Crippen molar-refractivity contribution < 1.29 is 21.5 Å². The highest BCUT2D eigenvalue weighted by Gasteiger charge is 2.14. The van der Waals surface area contributed by atoms with Crippen molar-refractivity contribution in [1.29, 1.82) is 0 Å². The van der Waals surface area contributed by atoms with Crippen molar-refractivity contribution >= 4 is 17.7 Å². The Balaban J connectivity index is 1.67. The summed E-state index contributed by atoms with van der Waals surface area (Å²) in [6.07, 6.45) is 1.04. The highest BCUT2D eigenvalue weighted by Crippen LogP contribution is 2.10. The average Bonchev–Trinajstić information content (AvgIpc) is 2.89. The zero-order valence-electron chi connectivity index (χ0n) is 21.8. The Labute approximate surface area is 206 Å². The third-order valence-corrected chi connectivity index (χ3v) is 5.31. The standard InChI is InChI=1S/C26H28FN5O3/c1-4-32(5-2)26(35)20-9-6-18(7-10-20)14-28-24(33)22-13-23(31-16-30-22)25(34)29-15-19-8-11-21(27)17(3)12-19/h6-13,16H,4-5,14-15H2,1-3H3,(H,28,33)(H,29,34)/i14D2. The molecular formula is C26H28FN5O3. The first-order valence-corrected chi connectivity index (χ1v) is 11.1. The summed E-state index contributed by atoms with van der Waals surface area (Å²) in [5.41, 5.74) is 1.41. The van der Waals surface area contributed by atoms with Gasteiger partial charge in [0.2, 0.25) is 0 Å². The van der Waals surface area contributed by atoms with Gasteiger partial charge in [-0.25, -0.2) is 14.4 Å². The van der Waals surface area contributed by atoms with Crippen LogP contribution in [0.5, 0.6) is 0 Å². The molecule has 0 aliphatic rings. The maximum absolute atomic E-state index is 13.4. The second kappa shape index (κ2) is 11.8. The van der Waals surface area contributed by atoms with Crippen molar-refractivity contribution in [3.05, 3.63) is 94.3 Å². The number of amides is 3. The molecule has 0 spiro atoms. The zero-order chi connectivity index (χ0) is 27.2. The van der Waals surface area contributed by atoms with Gasteiger partial charge in [-0.05, 0) is 55.7 Å². The first-order valence-electron chi connectivity index (χ1n) is 12.1. The predicted molar refractivity (Wildman–Crippen MR) is 129 cm³/mol. The maximum Gasteiger partial charge on any atom is 0.270 e. The van der Waals surface area contributed by atoms with Gasteiger partial charge in [0.1, 0.15) is 23.5 Å². The monoisotopic (exact) mass is 479 g/mol. The molecule has 1 heterocycles. The van der Waals surface area contributed by atoms with E-state index in [1.807, 2.05) is 13.8 Å². The molecule has 2 N–H and O–H groups in total. The van der Waals surface area contributed by atoms with Crippen LogP contribution in [0.1, 0.15) is 64.6 Å². The molecule has 8 nitrogen and oxygen atoms in total. The smallest absolute Gasteiger partial charge is 0.270 e. The van der Waals surface area contributed by atoms with E-state index in [-0.39, 0.29) is 35.2 Å². The van der Waals surface area contributed by atoms with Crippen LogP contribution in [0.25, 0.3) is 0 Å². The minimum absolute atomic E-state index is 0.0844. The van der Waals surface area contributed by atoms with Gasteiger partial charge in [-0.1, -0.05) is 24.3 Å². The quantitative estimate of drug-likeness (QED) is 0.490. The van der Waals surface area contributed by atoms with E-state index in [4.69, 9.17) is 2.74 Å². The summed E-state index contributed by atoms with van der Waals surface area (Å²) >= 11 is 0. The van der Waals surface area contributed by atoms with Gasteiger partial charge in [-0.3, -0.25) is 14.4 Å². The van der Waals surface area contributed by atoms with Crippen LogP contribution in [0.2, 0.25) is 0 Å². The third kappa shape index (κ3) is 6.69. The molecule has 0 bridgehead atoms. The lowest BCUT2D eigenvalue weighted by molar-refractivity contribution is 0.0772. The SMILES string of the molecule is [2H]C([2H])(NC(=O)c1cc(C(=O)NCc2ccc(F)c(C)c2)ncn1)c1ccc(C(=O)N(CC)CC)cc1. The number of carbonyl (C=O) groups is 3. The van der Waals surface area contributed by atoms with E-state index in [1.54, 1.807) is 24.0 Å². The number of benzene rings is 2. The van der Waals surface area contributed by atoms with Gasteiger partial charge in [0, 0.05) is 37.8 Å². The summed E-state index contributed by atoms with van der Waals surface area (Å²) in [5, 5.41) is 4.90. The largest absolute Gasteiger partial charge is 0.347 e. The molecule has 0 aliphatic heterocycles. The lowest BCUT2D eigenvalue weighted by Crippen LogP contribution is -2.30. The maximum atomic E-state index is 13.4. The van der Waals surface area contributed by atoms with Gasteiger partial charge in [0.05, 0.1) is 2.74 Å². The molecule has 0 saturated carbocycles. The van der Waals surface area contributed by atoms with Crippen molar-refractivity contribution in [2.24, 2.45) is 0 Å². The minimum atomic E-state index is -2.28. The highest BCUT2D eigenvalue weighted by atomic mass is 19.1. The Kier molecular flexibility index (Phi) is 7.65. The lowest BCUT2D eigenvalue weighted by atomic mass is 10.1. The fraction of sp³-hybridized carbons (Fsp3) is 0.269. The van der Waals surface area contributed by atoms with E-state index < -0.39 is 18.3 Å². The molecule has 1 aromatic heterocycles. The van der Waals surface area contributed by atoms with Gasteiger partial charge < -0.3 is 15.5 Å². The van der Waals surface area contributed by atoms with Crippen LogP contribution in [0.4, 0.5) is 4.39 Å². The van der Waals surface area contributed by atoms with Crippen LogP contribution in [-0.2, 0) is 13.0 Å². The first kappa shape index (κ1) is 22.6. The molecule has 3 aromatic rings. The molecule has 0 saturated heterocycles. The van der Waals surface area contributed by atoms with E-state index in [2.05, 4.69) is 20.6 Å². The number of hydrogen-bond acceptors (Lipinski definition) is 5. The van der Waals surface area contributed by atoms with Crippen molar-refractivity contribution in [3.63, 3.8) is 0 Å². The molecule has 0 aliphatic carbocycles. The summed E-state index contributed by atoms with van der Waals surface area (Å²) < 4.78 is 30.0. The number of nitrogens with zero attached hydrogens (tertiary/aromatic N) is 3. The first-order chi connectivity index (χ1) is 17.6. The van der Waals surface area contributed by atoms with E-state index in [9.17, 15) is 18.8 Å². The van der Waals surface area contributed by atoms with Crippen LogP contribution in [0.3, 0.4) is 0 Å². The Morgan fingerprint density at radius 3 is 2.11 bits per heavy atom. The Morgan fingerprint density at radius 1 is 0.914 bits per heavy atom. The fourth-order valence-electron chi connectivity index (χ4n) is 3.28. The summed E-state index contributed by atoms with van der Waals surface area (Å²) in [4.78, 5) is 47.1. The number of aryl methyl sites for hydroxylation is 1. The minimum Gasteiger partial charge on any atom is -0.347 e. The van der Waals surface area contributed by atoms with Gasteiger partial charge in [-0.2, -0.15) is 0 Å². The Bertz CT molecular complexity index is 1300. The average molecular weight is 480 g/mol. The zero-order valence-corrected chi connectivity index (χ0v) is 19.8. The van der Waals surface area contributed by atoms with E-state index >= 15 is 0 Å². The molecule has 3 rings (SSSR count). The molecule has 2 aromatic carbocycles. The molecule has 0 radical (unpaired) electrons. The van der Waals surface area contributed by atoms with E-state index in [0.717, 1.165) is 12.4 Å². The van der Waals surface area contributed by atoms with E-state index in [0.29, 0.717) is 29.8 Å². The number of nitrogens with one attached hydrogen (secondary N) is 2. The molecule has 0 fully saturated rings. The summed E-state index contributed by atoms with van der Waals surface area (Å²) in [6, 6.07) is 11.5. The number of halogens is 1. The second-order valence-electron chi connectivity index (χ2n) is 7.69. The predicted octanol–water partition coefficient (Wildman–Crippen LogP) is 3.27. The molecule has 0 unspecified atom stereocenters. The summed E-state index contributed by atoms with van der Waals surface area (Å²) in [6.45, 7) is 4.33. The second-order valence-corrected chi connectivity index (χ2v) is 7.69. The molecule has 182 valence electrons. The summed E-state index contributed by atoms with van der Waals surface area (Å²) in [5.74, 6) is -1.93. The van der Waals surface area contributed by atoms with Gasteiger partial charge in [-0.15, -0.1) is 0 Å². The van der Waals surface area contributed by atoms with E-state index in [1.165, 1.54) is 30.3 Å². The van der Waals surface area contributed by atoms with Crippen molar-refractivity contribution in [2.45, 2.75) is 33.8 Å². The van der Waals surface area contributed by atoms with Crippen molar-refractivity contribution in [2.75, 3.05) is 13.1 Å². The summed E-state index contributed by atoms with van der Waals surface area (Å²) in [7, 11) is 0. The molecule has 35 heavy (non-hydrogen) atoms. The number of rotatable bonds is 9. The lowest BCUT2D eigenvalue weighted by Gasteiger charge is -2.18. The molecule has 9 heteroatoms. The van der Waals surface area contributed by atoms with Crippen LogP contribution in [0.15, 0.2) is 54.9 Å². The van der Waals surface area contributed by atoms with Gasteiger partial charge in [0.25, 0.3) is 17.7 Å². The number of hydrogen-bond donors (Lipinski definition) is 2. The van der Waals surface area contributed by atoms with Crippen LogP contribution in [0, 0.1) is 12.7 Å². The van der Waals surface area contributed by atoms with Crippen LogP contribution in [-0.4, -0.2) is 45.7 Å². The Hall–Kier alpha value is -4.14. The van der Waals surface area contributed by atoms with Crippen LogP contribution < -0.4 is 10.6 Å². The van der Waals surface area contributed by atoms with Crippen molar-refractivity contribution in [1.82, 2.24) is 25.5 Å².